The number of hydrogen-bond donors (Lipinski definition) is 4. The van der Waals surface area contributed by atoms with E-state index in [2.05, 4.69) is 0 Å². The van der Waals surface area contributed by atoms with Gasteiger partial charge in [0.2, 0.25) is 11.8 Å². The Bertz CT molecular complexity index is 1030. The van der Waals surface area contributed by atoms with Gasteiger partial charge in [-0.15, -0.1) is 0 Å². The van der Waals surface area contributed by atoms with E-state index in [0.717, 1.165) is 0 Å². The van der Waals surface area contributed by atoms with Gasteiger partial charge in [-0.1, -0.05) is 30.3 Å². The quantitative estimate of drug-likeness (QED) is 0.539. The third-order valence-electron chi connectivity index (χ3n) is 4.09. The van der Waals surface area contributed by atoms with Crippen molar-refractivity contribution >= 4 is 23.2 Å². The molecule has 3 aromatic carbocycles. The van der Waals surface area contributed by atoms with E-state index >= 15 is 0 Å². The Morgan fingerprint density at radius 1 is 0.692 bits per heavy atom. The number of benzene rings is 3. The molecule has 0 radical (unpaired) electrons. The molecule has 0 saturated carbocycles. The first kappa shape index (κ1) is 17.0. The van der Waals surface area contributed by atoms with E-state index in [1.54, 1.807) is 54.6 Å². The van der Waals surface area contributed by atoms with Crippen LogP contribution < -0.4 is 22.9 Å². The maximum atomic E-state index is 12.3. The molecule has 0 heterocycles. The molecule has 3 rings (SSSR count). The summed E-state index contributed by atoms with van der Waals surface area (Å²) in [5.74, 6) is -1.34. The van der Waals surface area contributed by atoms with Gasteiger partial charge < -0.3 is 22.9 Å². The van der Waals surface area contributed by atoms with E-state index < -0.39 is 11.8 Å². The Hall–Kier alpha value is -3.80. The van der Waals surface area contributed by atoms with Gasteiger partial charge in [0.15, 0.2) is 0 Å². The van der Waals surface area contributed by atoms with Crippen LogP contribution in [0.5, 0.6) is 0 Å². The molecule has 3 aromatic rings. The number of hydrogen-bond acceptors (Lipinski definition) is 4. The van der Waals surface area contributed by atoms with Gasteiger partial charge in [-0.2, -0.15) is 0 Å². The van der Waals surface area contributed by atoms with Gasteiger partial charge in [-0.05, 0) is 47.0 Å². The lowest BCUT2D eigenvalue weighted by Crippen LogP contribution is -2.19. The molecule has 0 atom stereocenters. The number of nitrogens with two attached hydrogens (primary N) is 4. The maximum Gasteiger partial charge on any atom is 0.249 e. The summed E-state index contributed by atoms with van der Waals surface area (Å²) in [4.78, 5) is 24.3. The minimum atomic E-state index is -0.678. The SMILES string of the molecule is NC(=O)c1ccc(-c2cccc(N)c2)c(C(N)=O)c1-c1cccc(N)c1. The monoisotopic (exact) mass is 346 g/mol. The summed E-state index contributed by atoms with van der Waals surface area (Å²) in [5.41, 5.74) is 26.6. The Morgan fingerprint density at radius 3 is 1.81 bits per heavy atom. The van der Waals surface area contributed by atoms with E-state index in [-0.39, 0.29) is 11.1 Å². The van der Waals surface area contributed by atoms with Crippen LogP contribution in [0.2, 0.25) is 0 Å². The molecule has 0 aliphatic carbocycles. The smallest absolute Gasteiger partial charge is 0.249 e. The van der Waals surface area contributed by atoms with Gasteiger partial charge in [0.25, 0.3) is 0 Å². The first-order chi connectivity index (χ1) is 12.4. The highest BCUT2D eigenvalue weighted by molar-refractivity contribution is 6.12. The summed E-state index contributed by atoms with van der Waals surface area (Å²) in [5, 5.41) is 0. The Morgan fingerprint density at radius 2 is 1.27 bits per heavy atom. The van der Waals surface area contributed by atoms with Gasteiger partial charge in [-0.3, -0.25) is 9.59 Å². The summed E-state index contributed by atoms with van der Waals surface area (Å²) in [6.45, 7) is 0. The average Bonchev–Trinajstić information content (AvgIpc) is 2.60. The summed E-state index contributed by atoms with van der Waals surface area (Å²) in [7, 11) is 0. The zero-order valence-corrected chi connectivity index (χ0v) is 13.9. The normalized spacial score (nSPS) is 10.5. The van der Waals surface area contributed by atoms with Crippen molar-refractivity contribution in [2.24, 2.45) is 11.5 Å². The predicted octanol–water partition coefficient (Wildman–Crippen LogP) is 2.38. The average molecular weight is 346 g/mol. The fraction of sp³-hybridized carbons (Fsp3) is 0. The molecule has 130 valence electrons. The summed E-state index contributed by atoms with van der Waals surface area (Å²) in [6.07, 6.45) is 0. The van der Waals surface area contributed by atoms with Gasteiger partial charge >= 0.3 is 0 Å². The van der Waals surface area contributed by atoms with Crippen LogP contribution in [0.15, 0.2) is 60.7 Å². The van der Waals surface area contributed by atoms with Crippen molar-refractivity contribution in [3.8, 4) is 22.3 Å². The van der Waals surface area contributed by atoms with E-state index in [9.17, 15) is 9.59 Å². The van der Waals surface area contributed by atoms with Gasteiger partial charge in [-0.25, -0.2) is 0 Å². The number of carbonyl (C=O) groups excluding carboxylic acids is 2. The number of carbonyl (C=O) groups is 2. The van der Waals surface area contributed by atoms with E-state index in [1.807, 2.05) is 6.07 Å². The van der Waals surface area contributed by atoms with Gasteiger partial charge in [0.1, 0.15) is 0 Å². The topological polar surface area (TPSA) is 138 Å². The zero-order valence-electron chi connectivity index (χ0n) is 13.9. The van der Waals surface area contributed by atoms with Crippen LogP contribution in [-0.4, -0.2) is 11.8 Å². The summed E-state index contributed by atoms with van der Waals surface area (Å²) >= 11 is 0. The number of anilines is 2. The standard InChI is InChI=1S/C20H18N4O2/c21-13-5-1-3-11(9-13)15-7-8-16(19(23)25)17(18(15)20(24)26)12-4-2-6-14(22)10-12/h1-10H,21-22H2,(H2,23,25)(H2,24,26). The molecule has 0 aromatic heterocycles. The summed E-state index contributed by atoms with van der Waals surface area (Å²) in [6, 6.07) is 17.1. The molecule has 6 nitrogen and oxygen atoms in total. The summed E-state index contributed by atoms with van der Waals surface area (Å²) < 4.78 is 0. The Labute approximate surface area is 150 Å². The van der Waals surface area contributed by atoms with Crippen molar-refractivity contribution in [2.45, 2.75) is 0 Å². The van der Waals surface area contributed by atoms with Crippen molar-refractivity contribution in [3.05, 3.63) is 71.8 Å². The number of amides is 2. The lowest BCUT2D eigenvalue weighted by atomic mass is 9.87. The first-order valence-electron chi connectivity index (χ1n) is 7.87. The lowest BCUT2D eigenvalue weighted by molar-refractivity contribution is 0.0999. The van der Waals surface area contributed by atoms with Crippen LogP contribution in [0.3, 0.4) is 0 Å². The van der Waals surface area contributed by atoms with Crippen LogP contribution in [-0.2, 0) is 0 Å². The molecule has 0 saturated heterocycles. The third kappa shape index (κ3) is 3.08. The molecule has 0 fully saturated rings. The highest BCUT2D eigenvalue weighted by Crippen LogP contribution is 2.36. The zero-order chi connectivity index (χ0) is 18.8. The minimum absolute atomic E-state index is 0.192. The minimum Gasteiger partial charge on any atom is -0.399 e. The molecule has 6 heteroatoms. The lowest BCUT2D eigenvalue weighted by Gasteiger charge is -2.17. The fourth-order valence-electron chi connectivity index (χ4n) is 3.00. The highest BCUT2D eigenvalue weighted by atomic mass is 16.1. The van der Waals surface area contributed by atoms with Crippen molar-refractivity contribution in [1.82, 2.24) is 0 Å². The van der Waals surface area contributed by atoms with Crippen LogP contribution in [0, 0.1) is 0 Å². The molecule has 2 amide bonds. The molecule has 0 spiro atoms. The van der Waals surface area contributed by atoms with Crippen molar-refractivity contribution in [2.75, 3.05) is 11.5 Å². The van der Waals surface area contributed by atoms with Gasteiger partial charge in [0.05, 0.1) is 5.56 Å². The Kier molecular flexibility index (Phi) is 4.33. The van der Waals surface area contributed by atoms with E-state index in [0.29, 0.717) is 33.6 Å². The molecule has 26 heavy (non-hydrogen) atoms. The van der Waals surface area contributed by atoms with Crippen molar-refractivity contribution in [3.63, 3.8) is 0 Å². The molecular formula is C20H18N4O2. The molecule has 0 bridgehead atoms. The van der Waals surface area contributed by atoms with E-state index in [1.165, 1.54) is 0 Å². The Balaban J connectivity index is 2.41. The first-order valence-corrected chi connectivity index (χ1v) is 7.87. The number of nitrogen functional groups attached to an aromatic ring is 2. The van der Waals surface area contributed by atoms with Crippen LogP contribution in [0.25, 0.3) is 22.3 Å². The van der Waals surface area contributed by atoms with Crippen molar-refractivity contribution < 1.29 is 9.59 Å². The molecule has 0 aliphatic rings. The number of primary amides is 2. The van der Waals surface area contributed by atoms with Crippen LogP contribution >= 0.6 is 0 Å². The molecule has 0 unspecified atom stereocenters. The third-order valence-corrected chi connectivity index (χ3v) is 4.09. The second-order valence-corrected chi connectivity index (χ2v) is 5.89. The molecule has 8 N–H and O–H groups in total. The van der Waals surface area contributed by atoms with Crippen LogP contribution in [0.1, 0.15) is 20.7 Å². The van der Waals surface area contributed by atoms with Crippen molar-refractivity contribution in [1.29, 1.82) is 0 Å². The molecule has 0 aliphatic heterocycles. The maximum absolute atomic E-state index is 12.3. The van der Waals surface area contributed by atoms with Crippen LogP contribution in [0.4, 0.5) is 11.4 Å². The second-order valence-electron chi connectivity index (χ2n) is 5.89. The van der Waals surface area contributed by atoms with E-state index in [4.69, 9.17) is 22.9 Å². The number of rotatable bonds is 4. The fourth-order valence-corrected chi connectivity index (χ4v) is 3.00. The predicted molar refractivity (Wildman–Crippen MR) is 103 cm³/mol. The highest BCUT2D eigenvalue weighted by Gasteiger charge is 2.22. The molecular weight excluding hydrogens is 328 g/mol. The van der Waals surface area contributed by atoms with Gasteiger partial charge in [0, 0.05) is 22.5 Å². The second kappa shape index (κ2) is 6.60. The largest absolute Gasteiger partial charge is 0.399 e.